The van der Waals surface area contributed by atoms with Gasteiger partial charge in [0.05, 0.1) is 16.3 Å². The lowest BCUT2D eigenvalue weighted by Gasteiger charge is -2.09. The summed E-state index contributed by atoms with van der Waals surface area (Å²) in [6.45, 7) is 0. The number of azo groups is 1. The average molecular weight is 412 g/mol. The molecular weight excluding hydrogens is 396 g/mol. The van der Waals surface area contributed by atoms with E-state index in [2.05, 4.69) is 25.5 Å². The number of para-hydroxylation sites is 1. The van der Waals surface area contributed by atoms with Crippen LogP contribution in [0, 0.1) is 10.1 Å². The van der Waals surface area contributed by atoms with E-state index in [0.717, 1.165) is 5.69 Å². The Morgan fingerprint density at radius 1 is 0.806 bits per heavy atom. The van der Waals surface area contributed by atoms with E-state index in [-0.39, 0.29) is 17.4 Å². The molecule has 4 aromatic rings. The Labute approximate surface area is 177 Å². The first-order chi connectivity index (χ1) is 15.2. The second-order valence-electron chi connectivity index (χ2n) is 6.26. The number of anilines is 2. The lowest BCUT2D eigenvalue weighted by molar-refractivity contribution is -0.385. The Kier molecular flexibility index (Phi) is 5.85. The van der Waals surface area contributed by atoms with Gasteiger partial charge in [0.15, 0.2) is 0 Å². The number of ether oxygens (including phenoxy) is 1. The number of nitrogens with one attached hydrogen (secondary N) is 1. The predicted molar refractivity (Wildman–Crippen MR) is 116 cm³/mol. The van der Waals surface area contributed by atoms with E-state index in [1.165, 1.54) is 6.33 Å². The lowest BCUT2D eigenvalue weighted by Crippen LogP contribution is -2.03. The first kappa shape index (κ1) is 19.6. The molecule has 0 unspecified atom stereocenters. The first-order valence-corrected chi connectivity index (χ1v) is 9.25. The summed E-state index contributed by atoms with van der Waals surface area (Å²) in [7, 11) is 0. The zero-order chi connectivity index (χ0) is 21.5. The largest absolute Gasteiger partial charge is 0.434 e. The molecule has 3 aromatic carbocycles. The third-order valence-electron chi connectivity index (χ3n) is 4.10. The van der Waals surface area contributed by atoms with Crippen molar-refractivity contribution in [2.45, 2.75) is 0 Å². The molecule has 152 valence electrons. The van der Waals surface area contributed by atoms with Crippen LogP contribution < -0.4 is 10.1 Å². The molecule has 0 saturated heterocycles. The summed E-state index contributed by atoms with van der Waals surface area (Å²) < 4.78 is 5.58. The molecule has 0 atom stereocenters. The maximum Gasteiger partial charge on any atom is 0.373 e. The molecule has 0 saturated carbocycles. The summed E-state index contributed by atoms with van der Waals surface area (Å²) >= 11 is 0. The minimum Gasteiger partial charge on any atom is -0.434 e. The molecule has 0 amide bonds. The topological polar surface area (TPSA) is 115 Å². The smallest absolute Gasteiger partial charge is 0.373 e. The Morgan fingerprint density at radius 3 is 2.06 bits per heavy atom. The van der Waals surface area contributed by atoms with Gasteiger partial charge >= 0.3 is 11.6 Å². The molecule has 0 aliphatic rings. The standard InChI is InChI=1S/C22H16N6O3/c29-28(30)20-21(23-15-24-22(20)31-19-9-5-2-6-10-19)25-16-11-13-18(14-12-16)27-26-17-7-3-1-4-8-17/h1-15H,(H,23,24,25). The quantitative estimate of drug-likeness (QED) is 0.215. The van der Waals surface area contributed by atoms with E-state index in [1.807, 2.05) is 36.4 Å². The van der Waals surface area contributed by atoms with Crippen LogP contribution in [0.5, 0.6) is 11.6 Å². The second-order valence-corrected chi connectivity index (χ2v) is 6.26. The van der Waals surface area contributed by atoms with Crippen molar-refractivity contribution in [2.24, 2.45) is 10.2 Å². The van der Waals surface area contributed by atoms with Crippen molar-refractivity contribution in [3.05, 3.63) is 101 Å². The molecule has 1 N–H and O–H groups in total. The van der Waals surface area contributed by atoms with E-state index in [0.29, 0.717) is 17.1 Å². The Hall–Kier alpha value is -4.66. The molecule has 0 spiro atoms. The van der Waals surface area contributed by atoms with Crippen LogP contribution in [0.25, 0.3) is 0 Å². The first-order valence-electron chi connectivity index (χ1n) is 9.25. The summed E-state index contributed by atoms with van der Waals surface area (Å²) in [4.78, 5) is 19.0. The molecule has 0 radical (unpaired) electrons. The zero-order valence-corrected chi connectivity index (χ0v) is 16.1. The van der Waals surface area contributed by atoms with Crippen LogP contribution in [-0.4, -0.2) is 14.9 Å². The normalized spacial score (nSPS) is 10.7. The van der Waals surface area contributed by atoms with Gasteiger partial charge in [-0.05, 0) is 48.5 Å². The third-order valence-corrected chi connectivity index (χ3v) is 4.10. The van der Waals surface area contributed by atoms with Crippen molar-refractivity contribution in [3.8, 4) is 11.6 Å². The number of hydrogen-bond acceptors (Lipinski definition) is 8. The fraction of sp³-hybridized carbons (Fsp3) is 0. The summed E-state index contributed by atoms with van der Waals surface area (Å²) in [6, 6.07) is 25.0. The summed E-state index contributed by atoms with van der Waals surface area (Å²) in [5.41, 5.74) is 1.61. The molecule has 0 fully saturated rings. The van der Waals surface area contributed by atoms with Crippen LogP contribution in [-0.2, 0) is 0 Å². The molecule has 1 aromatic heterocycles. The maximum atomic E-state index is 11.7. The Bertz CT molecular complexity index is 1200. The van der Waals surface area contributed by atoms with Crippen LogP contribution in [0.1, 0.15) is 0 Å². The van der Waals surface area contributed by atoms with Crippen molar-refractivity contribution in [3.63, 3.8) is 0 Å². The van der Waals surface area contributed by atoms with E-state index in [9.17, 15) is 10.1 Å². The van der Waals surface area contributed by atoms with Gasteiger partial charge in [0.1, 0.15) is 12.1 Å². The molecule has 9 nitrogen and oxygen atoms in total. The van der Waals surface area contributed by atoms with Crippen LogP contribution in [0.2, 0.25) is 0 Å². The lowest BCUT2D eigenvalue weighted by atomic mass is 10.3. The highest BCUT2D eigenvalue weighted by Crippen LogP contribution is 2.35. The van der Waals surface area contributed by atoms with E-state index >= 15 is 0 Å². The van der Waals surface area contributed by atoms with Gasteiger partial charge in [-0.2, -0.15) is 15.2 Å². The van der Waals surface area contributed by atoms with E-state index < -0.39 is 4.92 Å². The zero-order valence-electron chi connectivity index (χ0n) is 16.1. The van der Waals surface area contributed by atoms with E-state index in [4.69, 9.17) is 4.74 Å². The summed E-state index contributed by atoms with van der Waals surface area (Å²) in [5, 5.41) is 22.9. The van der Waals surface area contributed by atoms with Gasteiger partial charge < -0.3 is 10.1 Å². The van der Waals surface area contributed by atoms with Crippen molar-refractivity contribution in [1.29, 1.82) is 0 Å². The minimum absolute atomic E-state index is 0.0181. The van der Waals surface area contributed by atoms with Crippen molar-refractivity contribution in [2.75, 3.05) is 5.32 Å². The van der Waals surface area contributed by atoms with Crippen LogP contribution in [0.4, 0.5) is 28.6 Å². The highest BCUT2D eigenvalue weighted by Gasteiger charge is 2.25. The molecule has 0 bridgehead atoms. The fourth-order valence-electron chi connectivity index (χ4n) is 2.65. The molecular formula is C22H16N6O3. The van der Waals surface area contributed by atoms with Gasteiger partial charge in [-0.15, -0.1) is 0 Å². The molecule has 31 heavy (non-hydrogen) atoms. The van der Waals surface area contributed by atoms with Crippen LogP contribution in [0.15, 0.2) is 101 Å². The SMILES string of the molecule is O=[N+]([O-])c1c(Nc2ccc(N=Nc3ccccc3)cc2)ncnc1Oc1ccccc1. The van der Waals surface area contributed by atoms with Gasteiger partial charge in [-0.3, -0.25) is 10.1 Å². The Morgan fingerprint density at radius 2 is 1.42 bits per heavy atom. The van der Waals surface area contributed by atoms with E-state index in [1.54, 1.807) is 48.5 Å². The number of hydrogen-bond donors (Lipinski definition) is 1. The Balaban J connectivity index is 1.54. The number of nitrogens with zero attached hydrogens (tertiary/aromatic N) is 5. The van der Waals surface area contributed by atoms with Crippen LogP contribution >= 0.6 is 0 Å². The minimum atomic E-state index is -0.580. The number of nitro groups is 1. The number of benzene rings is 3. The van der Waals surface area contributed by atoms with Gasteiger partial charge in [0, 0.05) is 5.69 Å². The van der Waals surface area contributed by atoms with Gasteiger partial charge in [0.2, 0.25) is 5.82 Å². The molecule has 9 heteroatoms. The van der Waals surface area contributed by atoms with Crippen molar-refractivity contribution >= 4 is 28.6 Å². The predicted octanol–water partition coefficient (Wildman–Crippen LogP) is 6.34. The monoisotopic (exact) mass is 412 g/mol. The highest BCUT2D eigenvalue weighted by molar-refractivity contribution is 5.69. The maximum absolute atomic E-state index is 11.7. The van der Waals surface area contributed by atoms with Crippen LogP contribution in [0.3, 0.4) is 0 Å². The van der Waals surface area contributed by atoms with Gasteiger partial charge in [0.25, 0.3) is 0 Å². The molecule has 4 rings (SSSR count). The summed E-state index contributed by atoms with van der Waals surface area (Å²) in [6.07, 6.45) is 1.20. The molecule has 0 aliphatic heterocycles. The molecule has 1 heterocycles. The average Bonchev–Trinajstić information content (AvgIpc) is 2.80. The fourth-order valence-corrected chi connectivity index (χ4v) is 2.65. The number of rotatable bonds is 7. The third kappa shape index (κ3) is 5.04. The molecule has 0 aliphatic carbocycles. The van der Waals surface area contributed by atoms with Gasteiger partial charge in [-0.1, -0.05) is 36.4 Å². The van der Waals surface area contributed by atoms with Gasteiger partial charge in [-0.25, -0.2) is 4.98 Å². The highest BCUT2D eigenvalue weighted by atomic mass is 16.6. The summed E-state index contributed by atoms with van der Waals surface area (Å²) in [5.74, 6) is 0.301. The van der Waals surface area contributed by atoms with Crippen molar-refractivity contribution < 1.29 is 9.66 Å². The second kappa shape index (κ2) is 9.23. The number of aromatic nitrogens is 2. The van der Waals surface area contributed by atoms with Crippen molar-refractivity contribution in [1.82, 2.24) is 9.97 Å².